The van der Waals surface area contributed by atoms with E-state index in [1.807, 2.05) is 38.1 Å². The molecule has 19 heavy (non-hydrogen) atoms. The van der Waals surface area contributed by atoms with E-state index in [0.717, 1.165) is 11.1 Å². The van der Waals surface area contributed by atoms with E-state index in [-0.39, 0.29) is 5.91 Å². The summed E-state index contributed by atoms with van der Waals surface area (Å²) in [6, 6.07) is 12.9. The lowest BCUT2D eigenvalue weighted by atomic mass is 10.1. The molecule has 0 radical (unpaired) electrons. The van der Waals surface area contributed by atoms with Crippen molar-refractivity contribution in [3.05, 3.63) is 64.2 Å². The van der Waals surface area contributed by atoms with E-state index in [4.69, 9.17) is 11.6 Å². The fourth-order valence-electron chi connectivity index (χ4n) is 1.69. The van der Waals surface area contributed by atoms with Crippen LogP contribution in [0, 0.1) is 13.8 Å². The summed E-state index contributed by atoms with van der Waals surface area (Å²) in [5.74, 6) is -0.195. The van der Waals surface area contributed by atoms with Crippen molar-refractivity contribution in [3.63, 3.8) is 0 Å². The monoisotopic (exact) mass is 274 g/mol. The molecule has 0 atom stereocenters. The van der Waals surface area contributed by atoms with Gasteiger partial charge < -0.3 is 0 Å². The minimum absolute atomic E-state index is 0.195. The summed E-state index contributed by atoms with van der Waals surface area (Å²) in [6.45, 7) is 3.90. The zero-order chi connectivity index (χ0) is 13.8. The van der Waals surface area contributed by atoms with Crippen LogP contribution in [-0.2, 0) is 0 Å². The molecule has 0 aliphatic heterocycles. The Morgan fingerprint density at radius 3 is 2.37 bits per heavy atom. The highest BCUT2D eigenvalue weighted by atomic mass is 35.5. The van der Waals surface area contributed by atoms with Gasteiger partial charge in [0.1, 0.15) is 0 Å². The first-order chi connectivity index (χ1) is 9.08. The number of halogens is 1. The van der Waals surface area contributed by atoms with Gasteiger partial charge in [-0.2, -0.15) is 0 Å². The van der Waals surface area contributed by atoms with Gasteiger partial charge in [0, 0.05) is 5.56 Å². The Morgan fingerprint density at radius 2 is 1.74 bits per heavy atom. The van der Waals surface area contributed by atoms with Crippen LogP contribution in [0.4, 0.5) is 5.69 Å². The zero-order valence-corrected chi connectivity index (χ0v) is 11.6. The standard InChI is InChI=1S/C15H15ClN2O/c1-10-6-8-12(9-7-10)15(19)18-17-14-11(2)4-3-5-13(14)16/h3-9,17H,1-2H3,(H,18,19). The second kappa shape index (κ2) is 5.76. The first kappa shape index (κ1) is 13.4. The Labute approximate surface area is 117 Å². The number of benzene rings is 2. The van der Waals surface area contributed by atoms with E-state index in [2.05, 4.69) is 10.9 Å². The Hall–Kier alpha value is -2.00. The predicted molar refractivity (Wildman–Crippen MR) is 78.5 cm³/mol. The second-order valence-corrected chi connectivity index (χ2v) is 4.78. The number of rotatable bonds is 3. The van der Waals surface area contributed by atoms with Crippen LogP contribution in [0.25, 0.3) is 0 Å². The van der Waals surface area contributed by atoms with Crippen molar-refractivity contribution in [1.82, 2.24) is 5.43 Å². The summed E-state index contributed by atoms with van der Waals surface area (Å²) in [4.78, 5) is 11.9. The molecular formula is C15H15ClN2O. The SMILES string of the molecule is Cc1ccc(C(=O)NNc2c(C)cccc2Cl)cc1. The minimum Gasteiger partial charge on any atom is -0.297 e. The quantitative estimate of drug-likeness (QED) is 0.838. The van der Waals surface area contributed by atoms with Crippen molar-refractivity contribution >= 4 is 23.2 Å². The molecule has 2 rings (SSSR count). The summed E-state index contributed by atoms with van der Waals surface area (Å²) in [6.07, 6.45) is 0. The molecule has 0 heterocycles. The van der Waals surface area contributed by atoms with Crippen molar-refractivity contribution in [2.45, 2.75) is 13.8 Å². The third-order valence-electron chi connectivity index (χ3n) is 2.84. The Bertz CT molecular complexity index is 573. The summed E-state index contributed by atoms with van der Waals surface area (Å²) >= 11 is 6.07. The van der Waals surface area contributed by atoms with Gasteiger partial charge in [0.15, 0.2) is 0 Å². The summed E-state index contributed by atoms with van der Waals surface area (Å²) in [5, 5.41) is 0.573. The molecule has 0 spiro atoms. The van der Waals surface area contributed by atoms with Crippen molar-refractivity contribution in [2.24, 2.45) is 0 Å². The smallest absolute Gasteiger partial charge is 0.269 e. The maximum Gasteiger partial charge on any atom is 0.269 e. The van der Waals surface area contributed by atoms with Crippen LogP contribution in [0.2, 0.25) is 5.02 Å². The van der Waals surface area contributed by atoms with Crippen molar-refractivity contribution < 1.29 is 4.79 Å². The number of hydrogen-bond acceptors (Lipinski definition) is 2. The fraction of sp³-hybridized carbons (Fsp3) is 0.133. The number of para-hydroxylation sites is 1. The maximum absolute atomic E-state index is 11.9. The van der Waals surface area contributed by atoms with Gasteiger partial charge in [-0.1, -0.05) is 41.4 Å². The molecule has 0 saturated carbocycles. The molecule has 1 amide bonds. The highest BCUT2D eigenvalue weighted by molar-refractivity contribution is 6.33. The number of hydrogen-bond donors (Lipinski definition) is 2. The molecule has 3 nitrogen and oxygen atoms in total. The molecule has 2 N–H and O–H groups in total. The lowest BCUT2D eigenvalue weighted by Gasteiger charge is -2.12. The van der Waals surface area contributed by atoms with Crippen molar-refractivity contribution in [2.75, 3.05) is 5.43 Å². The van der Waals surface area contributed by atoms with Gasteiger partial charge in [0.25, 0.3) is 5.91 Å². The van der Waals surface area contributed by atoms with E-state index in [1.165, 1.54) is 0 Å². The zero-order valence-electron chi connectivity index (χ0n) is 10.8. The van der Waals surface area contributed by atoms with Crippen molar-refractivity contribution in [1.29, 1.82) is 0 Å². The number of anilines is 1. The molecule has 0 bridgehead atoms. The largest absolute Gasteiger partial charge is 0.297 e. The normalized spacial score (nSPS) is 10.1. The van der Waals surface area contributed by atoms with E-state index < -0.39 is 0 Å². The van der Waals surface area contributed by atoms with Crippen LogP contribution < -0.4 is 10.9 Å². The number of hydrazine groups is 1. The third-order valence-corrected chi connectivity index (χ3v) is 3.15. The number of carbonyl (C=O) groups excluding carboxylic acids is 1. The minimum atomic E-state index is -0.195. The van der Waals surface area contributed by atoms with E-state index in [9.17, 15) is 4.79 Å². The van der Waals surface area contributed by atoms with Crippen LogP contribution in [0.5, 0.6) is 0 Å². The second-order valence-electron chi connectivity index (χ2n) is 4.38. The van der Waals surface area contributed by atoms with Crippen LogP contribution in [0.3, 0.4) is 0 Å². The summed E-state index contributed by atoms with van der Waals surface area (Å²) in [5.41, 5.74) is 8.90. The number of nitrogens with one attached hydrogen (secondary N) is 2. The van der Waals surface area contributed by atoms with Crippen LogP contribution >= 0.6 is 11.6 Å². The Balaban J connectivity index is 2.06. The number of carbonyl (C=O) groups is 1. The highest BCUT2D eigenvalue weighted by Gasteiger charge is 2.07. The van der Waals surface area contributed by atoms with Crippen LogP contribution in [0.15, 0.2) is 42.5 Å². The maximum atomic E-state index is 11.9. The lowest BCUT2D eigenvalue weighted by Crippen LogP contribution is -2.29. The molecule has 0 unspecified atom stereocenters. The molecule has 0 aliphatic rings. The van der Waals surface area contributed by atoms with Crippen LogP contribution in [-0.4, -0.2) is 5.91 Å². The Kier molecular flexibility index (Phi) is 4.07. The average molecular weight is 275 g/mol. The first-order valence-electron chi connectivity index (χ1n) is 5.96. The highest BCUT2D eigenvalue weighted by Crippen LogP contribution is 2.24. The third kappa shape index (κ3) is 3.26. The number of amides is 1. The number of aryl methyl sites for hydroxylation is 2. The van der Waals surface area contributed by atoms with Gasteiger partial charge in [-0.05, 0) is 37.6 Å². The molecule has 4 heteroatoms. The Morgan fingerprint density at radius 1 is 1.05 bits per heavy atom. The molecule has 98 valence electrons. The van der Waals surface area contributed by atoms with Gasteiger partial charge >= 0.3 is 0 Å². The van der Waals surface area contributed by atoms with Crippen LogP contribution in [0.1, 0.15) is 21.5 Å². The molecule has 0 fully saturated rings. The molecule has 2 aromatic rings. The average Bonchev–Trinajstić information content (AvgIpc) is 2.38. The molecule has 0 aromatic heterocycles. The topological polar surface area (TPSA) is 41.1 Å². The summed E-state index contributed by atoms with van der Waals surface area (Å²) in [7, 11) is 0. The van der Waals surface area contributed by atoms with Gasteiger partial charge in [0.2, 0.25) is 0 Å². The van der Waals surface area contributed by atoms with Gasteiger partial charge in [-0.25, -0.2) is 0 Å². The van der Waals surface area contributed by atoms with Gasteiger partial charge in [-0.15, -0.1) is 0 Å². The van der Waals surface area contributed by atoms with Crippen molar-refractivity contribution in [3.8, 4) is 0 Å². The van der Waals surface area contributed by atoms with E-state index in [0.29, 0.717) is 16.3 Å². The molecule has 2 aromatic carbocycles. The first-order valence-corrected chi connectivity index (χ1v) is 6.34. The van der Waals surface area contributed by atoms with Gasteiger partial charge in [-0.3, -0.25) is 15.6 Å². The lowest BCUT2D eigenvalue weighted by molar-refractivity contribution is 0.0962. The molecular weight excluding hydrogens is 260 g/mol. The molecule has 0 aliphatic carbocycles. The molecule has 0 saturated heterocycles. The summed E-state index contributed by atoms with van der Waals surface area (Å²) < 4.78 is 0. The van der Waals surface area contributed by atoms with E-state index >= 15 is 0 Å². The predicted octanol–water partition coefficient (Wildman–Crippen LogP) is 3.71. The van der Waals surface area contributed by atoms with Gasteiger partial charge in [0.05, 0.1) is 10.7 Å². The fourth-order valence-corrected chi connectivity index (χ4v) is 1.96. The van der Waals surface area contributed by atoms with E-state index in [1.54, 1.807) is 18.2 Å².